The third-order valence-electron chi connectivity index (χ3n) is 7.74. The van der Waals surface area contributed by atoms with Crippen molar-refractivity contribution in [1.82, 2.24) is 10.2 Å². The van der Waals surface area contributed by atoms with Crippen LogP contribution in [-0.4, -0.2) is 84.0 Å². The Labute approximate surface area is 301 Å². The molecule has 0 amide bonds. The molecule has 52 heavy (non-hydrogen) atoms. The lowest BCUT2D eigenvalue weighted by Crippen LogP contribution is -2.63. The number of benzene rings is 2. The van der Waals surface area contributed by atoms with E-state index in [2.05, 4.69) is 10.2 Å². The van der Waals surface area contributed by atoms with Crippen LogP contribution in [0, 0.1) is 0 Å². The summed E-state index contributed by atoms with van der Waals surface area (Å²) in [5, 5.41) is 7.40. The number of hydrogen-bond donors (Lipinski definition) is 1. The topological polar surface area (TPSA) is 188 Å². The molecule has 0 spiro atoms. The van der Waals surface area contributed by atoms with Crippen LogP contribution in [0.2, 0.25) is 0 Å². The normalized spacial score (nSPS) is 19.6. The zero-order valence-corrected chi connectivity index (χ0v) is 30.0. The molecule has 2 aromatic carbocycles. The van der Waals surface area contributed by atoms with Crippen molar-refractivity contribution < 1.29 is 61.9 Å². The average molecular weight is 725 g/mol. The molecule has 15 heteroatoms. The fraction of sp³-hybridized carbons (Fsp3) is 0.459. The molecular formula is C37H44N2O13. The highest BCUT2D eigenvalue weighted by molar-refractivity contribution is 5.70. The first-order chi connectivity index (χ1) is 24.8. The summed E-state index contributed by atoms with van der Waals surface area (Å²) in [7, 11) is 0. The zero-order valence-electron chi connectivity index (χ0n) is 30.0. The standard InChI is InChI=1S/C37H44N2O13/c1-21(2)32-29(18-26-12-14-28(15-13-26)45-17-16-31(44)47-19-27-10-8-7-9-11-27)36(39-38-32)52-37-35(50-25(6)43)34(49-24(5)42)33(48-23(4)41)30(51-37)20-46-22(3)40/h7-15,21,30,33-35,37H,16-20H2,1-6H3,(H,38,39)/t30-,33+,34+,35-,37+/m1/s1. The summed E-state index contributed by atoms with van der Waals surface area (Å²) in [5.74, 6) is -2.61. The van der Waals surface area contributed by atoms with Crippen molar-refractivity contribution in [3.05, 3.63) is 77.0 Å². The molecule has 280 valence electrons. The summed E-state index contributed by atoms with van der Waals surface area (Å²) in [4.78, 5) is 60.4. The van der Waals surface area contributed by atoms with Crippen molar-refractivity contribution in [3.8, 4) is 11.6 Å². The molecule has 0 aliphatic carbocycles. The van der Waals surface area contributed by atoms with Crippen LogP contribution in [0.15, 0.2) is 54.6 Å². The number of aromatic amines is 1. The van der Waals surface area contributed by atoms with Crippen molar-refractivity contribution >= 4 is 29.8 Å². The molecule has 2 heterocycles. The Morgan fingerprint density at radius 1 is 0.769 bits per heavy atom. The first kappa shape index (κ1) is 39.3. The molecule has 1 aromatic heterocycles. The van der Waals surface area contributed by atoms with Crippen LogP contribution < -0.4 is 9.47 Å². The van der Waals surface area contributed by atoms with E-state index in [9.17, 15) is 24.0 Å². The van der Waals surface area contributed by atoms with Crippen LogP contribution in [-0.2, 0) is 65.4 Å². The molecule has 0 radical (unpaired) electrons. The average Bonchev–Trinajstić information content (AvgIpc) is 3.48. The van der Waals surface area contributed by atoms with Crippen molar-refractivity contribution in [3.63, 3.8) is 0 Å². The number of carbonyl (C=O) groups is 5. The summed E-state index contributed by atoms with van der Waals surface area (Å²) >= 11 is 0. The Morgan fingerprint density at radius 3 is 2.02 bits per heavy atom. The van der Waals surface area contributed by atoms with Crippen LogP contribution in [0.4, 0.5) is 0 Å². The number of aromatic nitrogens is 2. The van der Waals surface area contributed by atoms with Gasteiger partial charge in [-0.25, -0.2) is 0 Å². The van der Waals surface area contributed by atoms with Gasteiger partial charge in [0, 0.05) is 45.4 Å². The number of rotatable bonds is 16. The smallest absolute Gasteiger partial charge is 0.309 e. The second kappa shape index (κ2) is 18.7. The molecule has 0 saturated carbocycles. The van der Waals surface area contributed by atoms with E-state index in [1.165, 1.54) is 6.92 Å². The van der Waals surface area contributed by atoms with Gasteiger partial charge in [0.25, 0.3) is 0 Å². The number of ether oxygens (including phenoxy) is 8. The lowest BCUT2D eigenvalue weighted by atomic mass is 9.97. The molecule has 1 aliphatic heterocycles. The second-order valence-corrected chi connectivity index (χ2v) is 12.3. The minimum atomic E-state index is -1.45. The van der Waals surface area contributed by atoms with Gasteiger partial charge >= 0.3 is 29.8 Å². The van der Waals surface area contributed by atoms with Gasteiger partial charge in [0.2, 0.25) is 18.3 Å². The number of nitrogens with one attached hydrogen (secondary N) is 1. The Balaban J connectivity index is 1.51. The van der Waals surface area contributed by atoms with E-state index >= 15 is 0 Å². The largest absolute Gasteiger partial charge is 0.493 e. The van der Waals surface area contributed by atoms with E-state index in [1.54, 1.807) is 12.1 Å². The van der Waals surface area contributed by atoms with E-state index in [1.807, 2.05) is 56.3 Å². The Morgan fingerprint density at radius 2 is 1.40 bits per heavy atom. The number of carbonyl (C=O) groups excluding carboxylic acids is 5. The number of esters is 5. The fourth-order valence-corrected chi connectivity index (χ4v) is 5.47. The minimum Gasteiger partial charge on any atom is -0.493 e. The van der Waals surface area contributed by atoms with E-state index < -0.39 is 61.2 Å². The molecule has 15 nitrogen and oxygen atoms in total. The van der Waals surface area contributed by atoms with Crippen molar-refractivity contribution in [2.75, 3.05) is 13.2 Å². The van der Waals surface area contributed by atoms with Gasteiger partial charge < -0.3 is 37.9 Å². The van der Waals surface area contributed by atoms with E-state index in [-0.39, 0.29) is 37.4 Å². The van der Waals surface area contributed by atoms with Gasteiger partial charge in [0.05, 0.1) is 13.0 Å². The zero-order chi connectivity index (χ0) is 37.8. The highest BCUT2D eigenvalue weighted by atomic mass is 16.7. The van der Waals surface area contributed by atoms with Gasteiger partial charge in [0.1, 0.15) is 25.1 Å². The molecule has 1 aliphatic rings. The molecule has 1 N–H and O–H groups in total. The first-order valence-corrected chi connectivity index (χ1v) is 16.8. The lowest BCUT2D eigenvalue weighted by molar-refractivity contribution is -0.289. The third-order valence-corrected chi connectivity index (χ3v) is 7.74. The van der Waals surface area contributed by atoms with Crippen molar-refractivity contribution in [1.29, 1.82) is 0 Å². The molecule has 3 aromatic rings. The first-order valence-electron chi connectivity index (χ1n) is 16.8. The van der Waals surface area contributed by atoms with Gasteiger partial charge in [-0.1, -0.05) is 56.3 Å². The van der Waals surface area contributed by atoms with Crippen LogP contribution in [0.1, 0.15) is 76.3 Å². The quantitative estimate of drug-likeness (QED) is 0.164. The third kappa shape index (κ3) is 11.5. The van der Waals surface area contributed by atoms with E-state index in [0.717, 1.165) is 37.6 Å². The summed E-state index contributed by atoms with van der Waals surface area (Å²) < 4.78 is 45.1. The van der Waals surface area contributed by atoms with Crippen LogP contribution in [0.3, 0.4) is 0 Å². The summed E-state index contributed by atoms with van der Waals surface area (Å²) in [6.45, 7) is 8.49. The molecule has 5 atom stereocenters. The van der Waals surface area contributed by atoms with E-state index in [0.29, 0.717) is 17.7 Å². The van der Waals surface area contributed by atoms with Gasteiger partial charge in [0.15, 0.2) is 12.2 Å². The maximum absolute atomic E-state index is 12.3. The molecule has 0 unspecified atom stereocenters. The van der Waals surface area contributed by atoms with Gasteiger partial charge in [-0.15, -0.1) is 5.10 Å². The predicted octanol–water partition coefficient (Wildman–Crippen LogP) is 4.10. The highest BCUT2D eigenvalue weighted by Crippen LogP contribution is 2.34. The number of hydrogen-bond acceptors (Lipinski definition) is 14. The predicted molar refractivity (Wildman–Crippen MR) is 181 cm³/mol. The van der Waals surface area contributed by atoms with Gasteiger partial charge in [-0.2, -0.15) is 0 Å². The Kier molecular flexibility index (Phi) is 14.1. The van der Waals surface area contributed by atoms with Crippen LogP contribution in [0.5, 0.6) is 11.6 Å². The Hall–Kier alpha value is -5.44. The minimum absolute atomic E-state index is 0.0144. The molecular weight excluding hydrogens is 680 g/mol. The monoisotopic (exact) mass is 724 g/mol. The maximum atomic E-state index is 12.3. The van der Waals surface area contributed by atoms with Crippen molar-refractivity contribution in [2.24, 2.45) is 0 Å². The lowest BCUT2D eigenvalue weighted by Gasteiger charge is -2.43. The second-order valence-electron chi connectivity index (χ2n) is 12.3. The van der Waals surface area contributed by atoms with Gasteiger partial charge in [-0.05, 0) is 29.2 Å². The summed E-state index contributed by atoms with van der Waals surface area (Å²) in [6, 6.07) is 16.7. The van der Waals surface area contributed by atoms with Crippen molar-refractivity contribution in [2.45, 2.75) is 97.6 Å². The molecule has 1 fully saturated rings. The molecule has 0 bridgehead atoms. The Bertz CT molecular complexity index is 1670. The number of nitrogens with zero attached hydrogens (tertiary/aromatic N) is 1. The fourth-order valence-electron chi connectivity index (χ4n) is 5.47. The summed E-state index contributed by atoms with van der Waals surface area (Å²) in [5.41, 5.74) is 3.19. The van der Waals surface area contributed by atoms with Crippen LogP contribution in [0.25, 0.3) is 0 Å². The van der Waals surface area contributed by atoms with E-state index in [4.69, 9.17) is 37.9 Å². The molecule has 1 saturated heterocycles. The number of H-pyrrole nitrogens is 1. The maximum Gasteiger partial charge on any atom is 0.309 e. The summed E-state index contributed by atoms with van der Waals surface area (Å²) in [6.07, 6.45) is -6.33. The van der Waals surface area contributed by atoms with Gasteiger partial charge in [-0.3, -0.25) is 29.1 Å². The highest BCUT2D eigenvalue weighted by Gasteiger charge is 2.53. The molecule has 4 rings (SSSR count). The van der Waals surface area contributed by atoms with Crippen LogP contribution >= 0.6 is 0 Å². The SMILES string of the molecule is CC(=O)OC[C@H]1O[C@@H](Oc2n[nH]c(C(C)C)c2Cc2ccc(OCCC(=O)OCc3ccccc3)cc2)[C@H](OC(C)=O)[C@@H](OC(C)=O)[C@H]1OC(C)=O.